The smallest absolute Gasteiger partial charge is 0.259 e. The summed E-state index contributed by atoms with van der Waals surface area (Å²) in [6, 6.07) is 4.61. The van der Waals surface area contributed by atoms with Crippen LogP contribution in [0, 0.1) is 0 Å². The number of nitrogens with two attached hydrogens (primary N) is 1. The zero-order valence-electron chi connectivity index (χ0n) is 9.94. The molecule has 0 aliphatic rings. The first-order valence-corrected chi connectivity index (χ1v) is 6.56. The van der Waals surface area contributed by atoms with Gasteiger partial charge in [0.05, 0.1) is 5.56 Å². The Bertz CT molecular complexity index is 654. The van der Waals surface area contributed by atoms with Gasteiger partial charge < -0.3 is 5.73 Å². The Morgan fingerprint density at radius 2 is 2.16 bits per heavy atom. The lowest BCUT2D eigenvalue weighted by Crippen LogP contribution is -2.14. The van der Waals surface area contributed by atoms with Gasteiger partial charge in [-0.05, 0) is 18.2 Å². The Morgan fingerprint density at radius 1 is 1.42 bits per heavy atom. The molecule has 1 heterocycles. The highest BCUT2D eigenvalue weighted by Gasteiger charge is 2.13. The Labute approximate surface area is 118 Å². The quantitative estimate of drug-likeness (QED) is 0.673. The summed E-state index contributed by atoms with van der Waals surface area (Å²) >= 11 is 6.94. The lowest BCUT2D eigenvalue weighted by Gasteiger charge is -2.05. The van der Waals surface area contributed by atoms with Crippen molar-refractivity contribution in [1.82, 2.24) is 4.98 Å². The summed E-state index contributed by atoms with van der Waals surface area (Å²) in [5.74, 6) is -0.540. The molecule has 19 heavy (non-hydrogen) atoms. The highest BCUT2D eigenvalue weighted by atomic mass is 35.5. The summed E-state index contributed by atoms with van der Waals surface area (Å²) < 4.78 is 0. The second-order valence-electron chi connectivity index (χ2n) is 3.78. The molecular weight excluding hydrogens is 286 g/mol. The number of anilines is 2. The zero-order chi connectivity index (χ0) is 14.0. The van der Waals surface area contributed by atoms with Crippen LogP contribution in [0.3, 0.4) is 0 Å². The molecule has 2 aromatic rings. The molecule has 0 spiro atoms. The first kappa shape index (κ1) is 13.5. The van der Waals surface area contributed by atoms with Crippen LogP contribution in [-0.2, 0) is 0 Å². The largest absolute Gasteiger partial charge is 0.398 e. The van der Waals surface area contributed by atoms with Crippen LogP contribution >= 0.6 is 22.9 Å². The summed E-state index contributed by atoms with van der Waals surface area (Å²) in [4.78, 5) is 27.1. The van der Waals surface area contributed by atoms with Crippen molar-refractivity contribution in [3.05, 3.63) is 39.9 Å². The molecule has 0 fully saturated rings. The number of nitrogens with one attached hydrogen (secondary N) is 1. The molecule has 0 saturated carbocycles. The van der Waals surface area contributed by atoms with Crippen LogP contribution in [0.2, 0.25) is 5.02 Å². The van der Waals surface area contributed by atoms with Crippen molar-refractivity contribution in [2.75, 3.05) is 11.1 Å². The normalized spacial score (nSPS) is 10.2. The highest BCUT2D eigenvalue weighted by molar-refractivity contribution is 7.14. The molecule has 0 radical (unpaired) electrons. The average molecular weight is 296 g/mol. The van der Waals surface area contributed by atoms with Crippen molar-refractivity contribution >= 4 is 45.4 Å². The van der Waals surface area contributed by atoms with Crippen LogP contribution in [0.25, 0.3) is 0 Å². The van der Waals surface area contributed by atoms with Crippen LogP contribution in [0.4, 0.5) is 10.8 Å². The maximum absolute atomic E-state index is 12.0. The third-order valence-electron chi connectivity index (χ3n) is 2.34. The van der Waals surface area contributed by atoms with Gasteiger partial charge in [-0.3, -0.25) is 14.9 Å². The van der Waals surface area contributed by atoms with Gasteiger partial charge in [0.2, 0.25) is 0 Å². The molecule has 0 atom stereocenters. The Balaban J connectivity index is 2.18. The van der Waals surface area contributed by atoms with Crippen LogP contribution in [0.15, 0.2) is 23.6 Å². The summed E-state index contributed by atoms with van der Waals surface area (Å²) in [5.41, 5.74) is 6.63. The summed E-state index contributed by atoms with van der Waals surface area (Å²) in [7, 11) is 0. The molecule has 0 saturated heterocycles. The third kappa shape index (κ3) is 3.10. The molecule has 0 aliphatic heterocycles. The molecule has 98 valence electrons. The number of rotatable bonds is 3. The third-order valence-corrected chi connectivity index (χ3v) is 3.34. The van der Waals surface area contributed by atoms with E-state index in [9.17, 15) is 9.59 Å². The number of carbonyl (C=O) groups is 2. The van der Waals surface area contributed by atoms with Gasteiger partial charge in [-0.2, -0.15) is 0 Å². The Morgan fingerprint density at radius 3 is 2.74 bits per heavy atom. The first-order chi connectivity index (χ1) is 8.97. The number of nitrogens with zero attached hydrogens (tertiary/aromatic N) is 1. The van der Waals surface area contributed by atoms with E-state index in [0.29, 0.717) is 21.4 Å². The number of amides is 1. The monoisotopic (exact) mass is 295 g/mol. The topological polar surface area (TPSA) is 85.1 Å². The standard InChI is InChI=1S/C12H10ClN3O2S/c1-6(17)10-5-19-12(15-10)16-11(18)8-3-2-7(13)4-9(8)14/h2-5H,14H2,1H3,(H,15,16,18). The van der Waals surface area contributed by atoms with E-state index in [-0.39, 0.29) is 11.5 Å². The number of hydrogen-bond acceptors (Lipinski definition) is 5. The molecule has 1 aromatic heterocycles. The fourth-order valence-electron chi connectivity index (χ4n) is 1.40. The van der Waals surface area contributed by atoms with E-state index in [1.54, 1.807) is 11.4 Å². The van der Waals surface area contributed by atoms with E-state index in [1.165, 1.54) is 30.4 Å². The number of nitrogen functional groups attached to an aromatic ring is 1. The van der Waals surface area contributed by atoms with Crippen molar-refractivity contribution in [2.45, 2.75) is 6.92 Å². The summed E-state index contributed by atoms with van der Waals surface area (Å²) in [6.45, 7) is 1.41. The Hall–Kier alpha value is -1.92. The summed E-state index contributed by atoms with van der Waals surface area (Å²) in [5, 5.41) is 4.99. The molecule has 1 aromatic carbocycles. The number of carbonyl (C=O) groups excluding carboxylic acids is 2. The molecular formula is C12H10ClN3O2S. The summed E-state index contributed by atoms with van der Waals surface area (Å²) in [6.07, 6.45) is 0. The predicted molar refractivity (Wildman–Crippen MR) is 75.9 cm³/mol. The van der Waals surface area contributed by atoms with Crippen LogP contribution in [-0.4, -0.2) is 16.7 Å². The molecule has 7 heteroatoms. The van der Waals surface area contributed by atoms with Crippen molar-refractivity contribution < 1.29 is 9.59 Å². The van der Waals surface area contributed by atoms with Crippen molar-refractivity contribution in [1.29, 1.82) is 0 Å². The molecule has 5 nitrogen and oxygen atoms in total. The maximum atomic E-state index is 12.0. The van der Waals surface area contributed by atoms with E-state index in [0.717, 1.165) is 0 Å². The van der Waals surface area contributed by atoms with Gasteiger partial charge in [0, 0.05) is 23.0 Å². The van der Waals surface area contributed by atoms with Gasteiger partial charge in [0.25, 0.3) is 5.91 Å². The lowest BCUT2D eigenvalue weighted by molar-refractivity contribution is 0.100. The maximum Gasteiger partial charge on any atom is 0.259 e. The number of hydrogen-bond donors (Lipinski definition) is 2. The number of benzene rings is 1. The van der Waals surface area contributed by atoms with Crippen molar-refractivity contribution in [3.8, 4) is 0 Å². The molecule has 1 amide bonds. The van der Waals surface area contributed by atoms with Gasteiger partial charge in [-0.15, -0.1) is 11.3 Å². The lowest BCUT2D eigenvalue weighted by atomic mass is 10.2. The van der Waals surface area contributed by atoms with Gasteiger partial charge >= 0.3 is 0 Å². The van der Waals surface area contributed by atoms with E-state index in [2.05, 4.69) is 10.3 Å². The number of ketones is 1. The van der Waals surface area contributed by atoms with Crippen molar-refractivity contribution in [3.63, 3.8) is 0 Å². The van der Waals surface area contributed by atoms with E-state index >= 15 is 0 Å². The molecule has 2 rings (SSSR count). The fourth-order valence-corrected chi connectivity index (χ4v) is 2.32. The number of halogens is 1. The van der Waals surface area contributed by atoms with E-state index < -0.39 is 5.91 Å². The van der Waals surface area contributed by atoms with E-state index in [4.69, 9.17) is 17.3 Å². The zero-order valence-corrected chi connectivity index (χ0v) is 11.5. The minimum Gasteiger partial charge on any atom is -0.398 e. The second-order valence-corrected chi connectivity index (χ2v) is 5.07. The fraction of sp³-hybridized carbons (Fsp3) is 0.0833. The predicted octanol–water partition coefficient (Wildman–Crippen LogP) is 2.83. The number of thiazole rings is 1. The molecule has 0 unspecified atom stereocenters. The minimum atomic E-state index is -0.390. The molecule has 0 aliphatic carbocycles. The highest BCUT2D eigenvalue weighted by Crippen LogP contribution is 2.21. The Kier molecular flexibility index (Phi) is 3.82. The average Bonchev–Trinajstić information content (AvgIpc) is 2.77. The van der Waals surface area contributed by atoms with Crippen LogP contribution in [0.1, 0.15) is 27.8 Å². The van der Waals surface area contributed by atoms with Gasteiger partial charge in [0.1, 0.15) is 5.69 Å². The second kappa shape index (κ2) is 5.38. The number of aromatic nitrogens is 1. The van der Waals surface area contributed by atoms with Crippen molar-refractivity contribution in [2.24, 2.45) is 0 Å². The minimum absolute atomic E-state index is 0.150. The SMILES string of the molecule is CC(=O)c1csc(NC(=O)c2ccc(Cl)cc2N)n1. The molecule has 0 bridgehead atoms. The molecule has 3 N–H and O–H groups in total. The van der Waals surface area contributed by atoms with Crippen LogP contribution in [0.5, 0.6) is 0 Å². The van der Waals surface area contributed by atoms with Gasteiger partial charge in [-0.25, -0.2) is 4.98 Å². The number of Topliss-reactive ketones (excluding diaryl/α,β-unsaturated/α-hetero) is 1. The first-order valence-electron chi connectivity index (χ1n) is 5.30. The van der Waals surface area contributed by atoms with Gasteiger partial charge in [-0.1, -0.05) is 11.6 Å². The van der Waals surface area contributed by atoms with E-state index in [1.807, 2.05) is 0 Å². The van der Waals surface area contributed by atoms with Crippen LogP contribution < -0.4 is 11.1 Å². The van der Waals surface area contributed by atoms with Gasteiger partial charge in [0.15, 0.2) is 10.9 Å².